The first-order valence-corrected chi connectivity index (χ1v) is 9.53. The first kappa shape index (κ1) is 19.6. The van der Waals surface area contributed by atoms with Crippen molar-refractivity contribution in [1.29, 1.82) is 0 Å². The fraction of sp³-hybridized carbons (Fsp3) is 0.0909. The average molecular weight is 421 g/mol. The number of halogens is 1. The lowest BCUT2D eigenvalue weighted by molar-refractivity contribution is -0.116. The van der Waals surface area contributed by atoms with E-state index in [9.17, 15) is 9.59 Å². The van der Waals surface area contributed by atoms with Crippen molar-refractivity contribution < 1.29 is 9.32 Å². The molecule has 0 atom stereocenters. The number of hydrogen-bond acceptors (Lipinski definition) is 5. The molecule has 0 aliphatic rings. The van der Waals surface area contributed by atoms with Gasteiger partial charge in [-0.1, -0.05) is 40.5 Å². The van der Waals surface area contributed by atoms with E-state index >= 15 is 0 Å². The van der Waals surface area contributed by atoms with Gasteiger partial charge in [0.1, 0.15) is 6.54 Å². The zero-order valence-corrected chi connectivity index (χ0v) is 16.8. The molecule has 0 aliphatic heterocycles. The van der Waals surface area contributed by atoms with Crippen molar-refractivity contribution in [3.8, 4) is 22.8 Å². The van der Waals surface area contributed by atoms with E-state index in [0.29, 0.717) is 22.1 Å². The Morgan fingerprint density at radius 2 is 1.90 bits per heavy atom. The van der Waals surface area contributed by atoms with Crippen LogP contribution in [0.25, 0.3) is 22.8 Å². The van der Waals surface area contributed by atoms with E-state index in [-0.39, 0.29) is 23.9 Å². The van der Waals surface area contributed by atoms with Crippen LogP contribution in [0.3, 0.4) is 0 Å². The van der Waals surface area contributed by atoms with Gasteiger partial charge in [0.2, 0.25) is 11.7 Å². The maximum atomic E-state index is 12.3. The second-order valence-electron chi connectivity index (χ2n) is 6.73. The highest BCUT2D eigenvalue weighted by molar-refractivity contribution is 6.30. The monoisotopic (exact) mass is 420 g/mol. The van der Waals surface area contributed by atoms with Gasteiger partial charge in [-0.2, -0.15) is 4.98 Å². The summed E-state index contributed by atoms with van der Waals surface area (Å²) in [6, 6.07) is 17.4. The van der Waals surface area contributed by atoms with Gasteiger partial charge >= 0.3 is 0 Å². The molecule has 150 valence electrons. The van der Waals surface area contributed by atoms with Gasteiger partial charge in [-0.25, -0.2) is 0 Å². The Kier molecular flexibility index (Phi) is 5.45. The van der Waals surface area contributed by atoms with Crippen molar-refractivity contribution in [2.24, 2.45) is 0 Å². The van der Waals surface area contributed by atoms with Crippen LogP contribution in [-0.2, 0) is 11.3 Å². The number of anilines is 1. The summed E-state index contributed by atoms with van der Waals surface area (Å²) >= 11 is 5.84. The Hall–Kier alpha value is -3.71. The molecule has 0 fully saturated rings. The maximum absolute atomic E-state index is 12.3. The molecule has 0 bridgehead atoms. The average Bonchev–Trinajstić information content (AvgIpc) is 3.22. The van der Waals surface area contributed by atoms with E-state index in [4.69, 9.17) is 16.1 Å². The van der Waals surface area contributed by atoms with Gasteiger partial charge in [-0.15, -0.1) is 0 Å². The molecule has 1 amide bonds. The maximum Gasteiger partial charge on any atom is 0.259 e. The molecule has 2 heterocycles. The highest BCUT2D eigenvalue weighted by Crippen LogP contribution is 2.22. The number of benzene rings is 2. The summed E-state index contributed by atoms with van der Waals surface area (Å²) in [6.07, 6.45) is 1.53. The van der Waals surface area contributed by atoms with Crippen LogP contribution in [0.5, 0.6) is 0 Å². The van der Waals surface area contributed by atoms with Crippen molar-refractivity contribution in [1.82, 2.24) is 14.7 Å². The van der Waals surface area contributed by atoms with Crippen molar-refractivity contribution in [3.05, 3.63) is 87.8 Å². The molecule has 0 aliphatic carbocycles. The molecule has 4 aromatic rings. The number of hydrogen-bond donors (Lipinski definition) is 1. The van der Waals surface area contributed by atoms with Crippen LogP contribution in [0.1, 0.15) is 5.56 Å². The Morgan fingerprint density at radius 3 is 2.67 bits per heavy atom. The molecule has 30 heavy (non-hydrogen) atoms. The standard InChI is InChI=1S/C22H17ClN4O3/c1-14-3-2-4-15(11-14)21-25-22(30-26-21)16-5-10-20(29)27(12-16)13-19(28)24-18-8-6-17(23)7-9-18/h2-12H,13H2,1H3,(H,24,28). The minimum atomic E-state index is -0.345. The molecule has 0 unspecified atom stereocenters. The molecule has 0 saturated carbocycles. The van der Waals surface area contributed by atoms with Crippen LogP contribution in [0.15, 0.2) is 76.2 Å². The zero-order chi connectivity index (χ0) is 21.1. The molecule has 0 spiro atoms. The van der Waals surface area contributed by atoms with Crippen LogP contribution in [0, 0.1) is 6.92 Å². The summed E-state index contributed by atoms with van der Waals surface area (Å²) in [5.41, 5.74) is 2.73. The number of aromatic nitrogens is 3. The molecule has 0 radical (unpaired) electrons. The lowest BCUT2D eigenvalue weighted by Crippen LogP contribution is -2.26. The molecule has 1 N–H and O–H groups in total. The van der Waals surface area contributed by atoms with E-state index in [0.717, 1.165) is 11.1 Å². The number of pyridine rings is 1. The lowest BCUT2D eigenvalue weighted by atomic mass is 10.1. The minimum Gasteiger partial charge on any atom is -0.334 e. The van der Waals surface area contributed by atoms with Gasteiger partial charge in [0.15, 0.2) is 0 Å². The van der Waals surface area contributed by atoms with Crippen LogP contribution < -0.4 is 10.9 Å². The van der Waals surface area contributed by atoms with E-state index in [1.54, 1.807) is 30.3 Å². The first-order chi connectivity index (χ1) is 14.5. The van der Waals surface area contributed by atoms with Crippen molar-refractivity contribution in [2.45, 2.75) is 13.5 Å². The third-order valence-corrected chi connectivity index (χ3v) is 4.63. The smallest absolute Gasteiger partial charge is 0.259 e. The molecule has 7 nitrogen and oxygen atoms in total. The molecular formula is C22H17ClN4O3. The Bertz CT molecular complexity index is 1260. The van der Waals surface area contributed by atoms with Crippen LogP contribution in [0.4, 0.5) is 5.69 Å². The SMILES string of the molecule is Cc1cccc(-c2noc(-c3ccc(=O)n(CC(=O)Nc4ccc(Cl)cc4)c3)n2)c1. The van der Waals surface area contributed by atoms with Crippen molar-refractivity contribution in [2.75, 3.05) is 5.32 Å². The Morgan fingerprint density at radius 1 is 1.10 bits per heavy atom. The fourth-order valence-electron chi connectivity index (χ4n) is 2.91. The summed E-state index contributed by atoms with van der Waals surface area (Å²) < 4.78 is 6.65. The number of aryl methyl sites for hydroxylation is 1. The molecule has 8 heteroatoms. The lowest BCUT2D eigenvalue weighted by Gasteiger charge is -2.08. The molecule has 0 saturated heterocycles. The number of carbonyl (C=O) groups is 1. The topological polar surface area (TPSA) is 90.0 Å². The largest absolute Gasteiger partial charge is 0.334 e. The number of carbonyl (C=O) groups excluding carboxylic acids is 1. The highest BCUT2D eigenvalue weighted by Gasteiger charge is 2.13. The number of amides is 1. The third-order valence-electron chi connectivity index (χ3n) is 4.37. The molecule has 2 aromatic heterocycles. The van der Waals surface area contributed by atoms with E-state index in [2.05, 4.69) is 15.5 Å². The predicted molar refractivity (Wildman–Crippen MR) is 114 cm³/mol. The molecule has 4 rings (SSSR count). The number of rotatable bonds is 5. The first-order valence-electron chi connectivity index (χ1n) is 9.15. The van der Waals surface area contributed by atoms with Crippen molar-refractivity contribution in [3.63, 3.8) is 0 Å². The number of nitrogens with one attached hydrogen (secondary N) is 1. The van der Waals surface area contributed by atoms with E-state index in [1.165, 1.54) is 16.8 Å². The van der Waals surface area contributed by atoms with Crippen LogP contribution in [0.2, 0.25) is 5.02 Å². The minimum absolute atomic E-state index is 0.159. The van der Waals surface area contributed by atoms with Gasteiger partial charge in [0.25, 0.3) is 11.4 Å². The Balaban J connectivity index is 1.54. The van der Waals surface area contributed by atoms with Gasteiger partial charge in [0, 0.05) is 28.5 Å². The zero-order valence-electron chi connectivity index (χ0n) is 16.0. The summed E-state index contributed by atoms with van der Waals surface area (Å²) in [4.78, 5) is 28.9. The second kappa shape index (κ2) is 8.34. The van der Waals surface area contributed by atoms with Gasteiger partial charge in [0.05, 0.1) is 5.56 Å². The van der Waals surface area contributed by atoms with Crippen LogP contribution in [-0.4, -0.2) is 20.6 Å². The molecular weight excluding hydrogens is 404 g/mol. The summed E-state index contributed by atoms with van der Waals surface area (Å²) in [5.74, 6) is 0.368. The van der Waals surface area contributed by atoms with Crippen LogP contribution >= 0.6 is 11.6 Å². The van der Waals surface area contributed by atoms with Crippen molar-refractivity contribution >= 4 is 23.2 Å². The third kappa shape index (κ3) is 4.47. The second-order valence-corrected chi connectivity index (χ2v) is 7.17. The normalized spacial score (nSPS) is 10.7. The summed E-state index contributed by atoms with van der Waals surface area (Å²) in [6.45, 7) is 1.82. The van der Waals surface area contributed by atoms with Gasteiger partial charge in [-0.05, 0) is 43.3 Å². The molecule has 2 aromatic carbocycles. The van der Waals surface area contributed by atoms with Gasteiger partial charge in [-0.3, -0.25) is 9.59 Å². The fourth-order valence-corrected chi connectivity index (χ4v) is 3.04. The highest BCUT2D eigenvalue weighted by atomic mass is 35.5. The van der Waals surface area contributed by atoms with Gasteiger partial charge < -0.3 is 14.4 Å². The quantitative estimate of drug-likeness (QED) is 0.523. The van der Waals surface area contributed by atoms with E-state index < -0.39 is 0 Å². The summed E-state index contributed by atoms with van der Waals surface area (Å²) in [7, 11) is 0. The summed E-state index contributed by atoms with van der Waals surface area (Å²) in [5, 5.41) is 7.31. The number of nitrogens with zero attached hydrogens (tertiary/aromatic N) is 3. The van der Waals surface area contributed by atoms with E-state index in [1.807, 2.05) is 31.2 Å². The predicted octanol–water partition coefficient (Wildman–Crippen LogP) is 4.17. The Labute approximate surface area is 176 Å².